The van der Waals surface area contributed by atoms with Crippen LogP contribution in [0.3, 0.4) is 0 Å². The van der Waals surface area contributed by atoms with Crippen molar-refractivity contribution in [3.8, 4) is 0 Å². The molecule has 1 rings (SSSR count). The molecule has 1 aromatic rings. The maximum absolute atomic E-state index is 12.4. The van der Waals surface area contributed by atoms with Gasteiger partial charge in [0.1, 0.15) is 0 Å². The van der Waals surface area contributed by atoms with Gasteiger partial charge >= 0.3 is 5.97 Å². The molecule has 1 amide bonds. The molecular weight excluding hydrogens is 276 g/mol. The molecule has 0 saturated carbocycles. The smallest absolute Gasteiger partial charge is 0.307 e. The maximum Gasteiger partial charge on any atom is 0.307 e. The highest BCUT2D eigenvalue weighted by Gasteiger charge is 2.18. The summed E-state index contributed by atoms with van der Waals surface area (Å²) < 4.78 is 4.90. The molecular formula is C14H22N2O3S. The van der Waals surface area contributed by atoms with Crippen molar-refractivity contribution in [1.29, 1.82) is 0 Å². The summed E-state index contributed by atoms with van der Waals surface area (Å²) in [7, 11) is 3.91. The average Bonchev–Trinajstić information content (AvgIpc) is 2.92. The van der Waals surface area contributed by atoms with Gasteiger partial charge in [-0.3, -0.25) is 9.59 Å². The van der Waals surface area contributed by atoms with Gasteiger partial charge in [0, 0.05) is 19.6 Å². The molecule has 0 N–H and O–H groups in total. The lowest BCUT2D eigenvalue weighted by Crippen LogP contribution is -2.37. The molecule has 5 nitrogen and oxygen atoms in total. The second kappa shape index (κ2) is 8.71. The lowest BCUT2D eigenvalue weighted by atomic mass is 10.3. The zero-order valence-corrected chi connectivity index (χ0v) is 13.1. The quantitative estimate of drug-likeness (QED) is 0.686. The van der Waals surface area contributed by atoms with Gasteiger partial charge in [-0.05, 0) is 32.5 Å². The minimum absolute atomic E-state index is 0.0221. The standard InChI is InChI=1S/C14H22N2O3S/c1-4-19-13(17)7-8-16(10-9-15(2)3)14(18)12-6-5-11-20-12/h5-6,11H,4,7-10H2,1-3H3. The van der Waals surface area contributed by atoms with Crippen molar-refractivity contribution in [2.75, 3.05) is 40.3 Å². The number of amides is 1. The molecule has 0 radical (unpaired) electrons. The molecule has 0 saturated heterocycles. The van der Waals surface area contributed by atoms with Crippen LogP contribution in [0.5, 0.6) is 0 Å². The van der Waals surface area contributed by atoms with Crippen LogP contribution in [0.15, 0.2) is 17.5 Å². The molecule has 1 heterocycles. The Kier molecular flexibility index (Phi) is 7.25. The first kappa shape index (κ1) is 16.7. The fourth-order valence-electron chi connectivity index (χ4n) is 1.65. The van der Waals surface area contributed by atoms with E-state index >= 15 is 0 Å². The van der Waals surface area contributed by atoms with Crippen LogP contribution in [0.25, 0.3) is 0 Å². The Morgan fingerprint density at radius 2 is 2.00 bits per heavy atom. The number of carbonyl (C=O) groups excluding carboxylic acids is 2. The zero-order chi connectivity index (χ0) is 15.0. The van der Waals surface area contributed by atoms with Gasteiger partial charge in [-0.2, -0.15) is 0 Å². The lowest BCUT2D eigenvalue weighted by molar-refractivity contribution is -0.143. The van der Waals surface area contributed by atoms with Crippen molar-refractivity contribution >= 4 is 23.2 Å². The molecule has 0 spiro atoms. The summed E-state index contributed by atoms with van der Waals surface area (Å²) in [5.74, 6) is -0.285. The summed E-state index contributed by atoms with van der Waals surface area (Å²) in [4.78, 5) is 28.2. The lowest BCUT2D eigenvalue weighted by Gasteiger charge is -2.23. The van der Waals surface area contributed by atoms with Crippen molar-refractivity contribution in [3.63, 3.8) is 0 Å². The molecule has 0 bridgehead atoms. The van der Waals surface area contributed by atoms with Gasteiger partial charge in [-0.25, -0.2) is 0 Å². The fraction of sp³-hybridized carbons (Fsp3) is 0.571. The number of thiophene rings is 1. The van der Waals surface area contributed by atoms with Crippen LogP contribution in [0.1, 0.15) is 23.0 Å². The van der Waals surface area contributed by atoms with E-state index in [1.54, 1.807) is 17.9 Å². The summed E-state index contributed by atoms with van der Waals surface area (Å²) in [6.45, 7) is 3.90. The van der Waals surface area contributed by atoms with Gasteiger partial charge in [-0.15, -0.1) is 11.3 Å². The summed E-state index contributed by atoms with van der Waals surface area (Å²) in [5.41, 5.74) is 0. The topological polar surface area (TPSA) is 49.9 Å². The molecule has 0 atom stereocenters. The van der Waals surface area contributed by atoms with Crippen LogP contribution in [0.4, 0.5) is 0 Å². The van der Waals surface area contributed by atoms with Crippen LogP contribution in [-0.4, -0.2) is 62.0 Å². The third-order valence-corrected chi connectivity index (χ3v) is 3.59. The fourth-order valence-corrected chi connectivity index (χ4v) is 2.34. The Balaban J connectivity index is 2.60. The van der Waals surface area contributed by atoms with E-state index in [1.807, 2.05) is 30.4 Å². The maximum atomic E-state index is 12.4. The highest BCUT2D eigenvalue weighted by Crippen LogP contribution is 2.12. The third-order valence-electron chi connectivity index (χ3n) is 2.73. The van der Waals surface area contributed by atoms with Gasteiger partial charge in [0.15, 0.2) is 0 Å². The number of rotatable bonds is 8. The molecule has 0 aromatic carbocycles. The molecule has 0 aliphatic heterocycles. The molecule has 1 aromatic heterocycles. The number of hydrogen-bond acceptors (Lipinski definition) is 5. The number of carbonyl (C=O) groups is 2. The minimum Gasteiger partial charge on any atom is -0.466 e. The number of likely N-dealkylation sites (N-methyl/N-ethyl adjacent to an activating group) is 1. The first-order valence-corrected chi connectivity index (χ1v) is 7.55. The van der Waals surface area contributed by atoms with E-state index in [4.69, 9.17) is 4.74 Å². The number of hydrogen-bond donors (Lipinski definition) is 0. The van der Waals surface area contributed by atoms with Crippen molar-refractivity contribution in [2.45, 2.75) is 13.3 Å². The molecule has 20 heavy (non-hydrogen) atoms. The Morgan fingerprint density at radius 1 is 1.25 bits per heavy atom. The van der Waals surface area contributed by atoms with Crippen LogP contribution in [0, 0.1) is 0 Å². The van der Waals surface area contributed by atoms with E-state index in [2.05, 4.69) is 0 Å². The molecule has 0 aliphatic carbocycles. The highest BCUT2D eigenvalue weighted by atomic mass is 32.1. The highest BCUT2D eigenvalue weighted by molar-refractivity contribution is 7.12. The molecule has 0 unspecified atom stereocenters. The summed E-state index contributed by atoms with van der Waals surface area (Å²) in [5, 5.41) is 1.88. The van der Waals surface area contributed by atoms with E-state index in [1.165, 1.54) is 11.3 Å². The largest absolute Gasteiger partial charge is 0.466 e. The predicted molar refractivity (Wildman–Crippen MR) is 80.0 cm³/mol. The normalized spacial score (nSPS) is 10.6. The van der Waals surface area contributed by atoms with Gasteiger partial charge in [0.2, 0.25) is 0 Å². The average molecular weight is 298 g/mol. The summed E-state index contributed by atoms with van der Waals surface area (Å²) in [6, 6.07) is 3.66. The van der Waals surface area contributed by atoms with Crippen molar-refractivity contribution < 1.29 is 14.3 Å². The van der Waals surface area contributed by atoms with Crippen molar-refractivity contribution in [2.24, 2.45) is 0 Å². The van der Waals surface area contributed by atoms with E-state index in [0.717, 1.165) is 6.54 Å². The third kappa shape index (κ3) is 5.71. The second-order valence-electron chi connectivity index (χ2n) is 4.63. The SMILES string of the molecule is CCOC(=O)CCN(CCN(C)C)C(=O)c1cccs1. The second-order valence-corrected chi connectivity index (χ2v) is 5.58. The van der Waals surface area contributed by atoms with E-state index in [0.29, 0.717) is 24.6 Å². The van der Waals surface area contributed by atoms with Crippen LogP contribution in [0.2, 0.25) is 0 Å². The first-order chi connectivity index (χ1) is 9.54. The van der Waals surface area contributed by atoms with Crippen molar-refractivity contribution in [3.05, 3.63) is 22.4 Å². The van der Waals surface area contributed by atoms with Gasteiger partial charge in [-0.1, -0.05) is 6.07 Å². The van der Waals surface area contributed by atoms with Gasteiger partial charge < -0.3 is 14.5 Å². The zero-order valence-electron chi connectivity index (χ0n) is 12.3. The van der Waals surface area contributed by atoms with Crippen LogP contribution < -0.4 is 0 Å². The molecule has 0 fully saturated rings. The number of ether oxygens (including phenoxy) is 1. The Morgan fingerprint density at radius 3 is 2.55 bits per heavy atom. The van der Waals surface area contributed by atoms with Crippen molar-refractivity contribution in [1.82, 2.24) is 9.80 Å². The minimum atomic E-state index is -0.263. The number of nitrogens with zero attached hydrogens (tertiary/aromatic N) is 2. The van der Waals surface area contributed by atoms with E-state index < -0.39 is 0 Å². The van der Waals surface area contributed by atoms with Gasteiger partial charge in [0.25, 0.3) is 5.91 Å². The molecule has 112 valence electrons. The Hall–Kier alpha value is -1.40. The Labute approximate surface area is 124 Å². The number of esters is 1. The monoisotopic (exact) mass is 298 g/mol. The van der Waals surface area contributed by atoms with E-state index in [9.17, 15) is 9.59 Å². The van der Waals surface area contributed by atoms with E-state index in [-0.39, 0.29) is 18.3 Å². The summed E-state index contributed by atoms with van der Waals surface area (Å²) in [6.07, 6.45) is 0.235. The first-order valence-electron chi connectivity index (χ1n) is 6.67. The van der Waals surface area contributed by atoms with Crippen LogP contribution in [-0.2, 0) is 9.53 Å². The predicted octanol–water partition coefficient (Wildman–Crippen LogP) is 1.71. The summed E-state index contributed by atoms with van der Waals surface area (Å²) >= 11 is 1.42. The Bertz CT molecular complexity index is 418. The van der Waals surface area contributed by atoms with Crippen LogP contribution >= 0.6 is 11.3 Å². The molecule has 0 aliphatic rings. The van der Waals surface area contributed by atoms with Gasteiger partial charge in [0.05, 0.1) is 17.9 Å². The molecule has 6 heteroatoms.